The Morgan fingerprint density at radius 3 is 2.56 bits per heavy atom. The summed E-state index contributed by atoms with van der Waals surface area (Å²) in [6.45, 7) is 4.21. The van der Waals surface area contributed by atoms with Gasteiger partial charge < -0.3 is 9.47 Å². The van der Waals surface area contributed by atoms with Crippen LogP contribution < -0.4 is 0 Å². The summed E-state index contributed by atoms with van der Waals surface area (Å²) < 4.78 is 10.2. The summed E-state index contributed by atoms with van der Waals surface area (Å²) in [6.07, 6.45) is 0.737. The van der Waals surface area contributed by atoms with Crippen molar-refractivity contribution in [2.24, 2.45) is 0 Å². The molecular weight excluding hydrogens is 204 g/mol. The van der Waals surface area contributed by atoms with Gasteiger partial charge in [-0.25, -0.2) is 4.79 Å². The van der Waals surface area contributed by atoms with E-state index in [1.54, 1.807) is 0 Å². The first-order chi connectivity index (χ1) is 7.68. The van der Waals surface area contributed by atoms with E-state index in [4.69, 9.17) is 9.47 Å². The first kappa shape index (κ1) is 12.7. The third kappa shape index (κ3) is 5.51. The molecule has 1 aromatic rings. The van der Waals surface area contributed by atoms with Crippen molar-refractivity contribution >= 4 is 5.97 Å². The molecule has 3 nitrogen and oxygen atoms in total. The van der Waals surface area contributed by atoms with Crippen LogP contribution in [0.2, 0.25) is 0 Å². The number of carbonyl (C=O) groups excluding carboxylic acids is 1. The van der Waals surface area contributed by atoms with Gasteiger partial charge >= 0.3 is 5.97 Å². The van der Waals surface area contributed by atoms with Gasteiger partial charge in [0.25, 0.3) is 0 Å². The van der Waals surface area contributed by atoms with Crippen molar-refractivity contribution in [1.82, 2.24) is 0 Å². The minimum atomic E-state index is -0.303. The fourth-order valence-corrected chi connectivity index (χ4v) is 1.29. The number of benzene rings is 1. The second-order valence-corrected chi connectivity index (χ2v) is 3.83. The highest BCUT2D eigenvalue weighted by molar-refractivity contribution is 5.70. The molecule has 0 unspecified atom stereocenters. The summed E-state index contributed by atoms with van der Waals surface area (Å²) in [5.41, 5.74) is 1.21. The van der Waals surface area contributed by atoms with E-state index in [0.717, 1.165) is 6.42 Å². The molecule has 0 N–H and O–H groups in total. The number of carbonyl (C=O) groups is 1. The zero-order chi connectivity index (χ0) is 11.8. The van der Waals surface area contributed by atoms with Gasteiger partial charge in [0.05, 0.1) is 12.7 Å². The third-order valence-electron chi connectivity index (χ3n) is 1.96. The van der Waals surface area contributed by atoms with Crippen LogP contribution in [0.3, 0.4) is 0 Å². The van der Waals surface area contributed by atoms with Crippen LogP contribution in [0.15, 0.2) is 30.3 Å². The monoisotopic (exact) mass is 222 g/mol. The lowest BCUT2D eigenvalue weighted by Crippen LogP contribution is -2.17. The molecule has 0 amide bonds. The molecule has 0 saturated carbocycles. The maximum absolute atomic E-state index is 11.1. The normalized spacial score (nSPS) is 10.4. The lowest BCUT2D eigenvalue weighted by atomic mass is 10.2. The van der Waals surface area contributed by atoms with Gasteiger partial charge in [-0.05, 0) is 25.8 Å². The molecule has 0 fully saturated rings. The van der Waals surface area contributed by atoms with Crippen LogP contribution in [0.4, 0.5) is 0 Å². The highest BCUT2D eigenvalue weighted by Crippen LogP contribution is 1.99. The number of hydrogen-bond donors (Lipinski definition) is 0. The van der Waals surface area contributed by atoms with Gasteiger partial charge in [-0.3, -0.25) is 0 Å². The second kappa shape index (κ2) is 7.01. The summed E-state index contributed by atoms with van der Waals surface area (Å²) in [4.78, 5) is 11.1. The van der Waals surface area contributed by atoms with Gasteiger partial charge in [-0.1, -0.05) is 30.3 Å². The first-order valence-corrected chi connectivity index (χ1v) is 5.49. The highest BCUT2D eigenvalue weighted by Gasteiger charge is 2.04. The van der Waals surface area contributed by atoms with E-state index in [2.05, 4.69) is 0 Å². The molecule has 0 bridgehead atoms. The molecule has 3 heteroatoms. The van der Waals surface area contributed by atoms with Gasteiger partial charge in [0.1, 0.15) is 6.61 Å². The SMILES string of the molecule is CC(C)OC(=O)COCCc1ccccc1. The molecule has 88 valence electrons. The fraction of sp³-hybridized carbons (Fsp3) is 0.462. The summed E-state index contributed by atoms with van der Waals surface area (Å²) >= 11 is 0. The van der Waals surface area contributed by atoms with Crippen molar-refractivity contribution in [2.45, 2.75) is 26.4 Å². The van der Waals surface area contributed by atoms with Crippen molar-refractivity contribution in [3.05, 3.63) is 35.9 Å². The molecule has 0 spiro atoms. The fourth-order valence-electron chi connectivity index (χ4n) is 1.29. The molecule has 0 aromatic heterocycles. The average molecular weight is 222 g/mol. The first-order valence-electron chi connectivity index (χ1n) is 5.49. The van der Waals surface area contributed by atoms with Crippen molar-refractivity contribution in [3.8, 4) is 0 Å². The summed E-state index contributed by atoms with van der Waals surface area (Å²) in [7, 11) is 0. The molecule has 1 rings (SSSR count). The van der Waals surface area contributed by atoms with Crippen LogP contribution in [-0.2, 0) is 20.7 Å². The molecule has 0 aliphatic rings. The molecule has 0 aliphatic heterocycles. The van der Waals surface area contributed by atoms with E-state index in [9.17, 15) is 4.79 Å². The Kier molecular flexibility index (Phi) is 5.57. The van der Waals surface area contributed by atoms with Crippen LogP contribution in [0, 0.1) is 0 Å². The maximum atomic E-state index is 11.1. The zero-order valence-corrected chi connectivity index (χ0v) is 9.81. The van der Waals surface area contributed by atoms with E-state index in [-0.39, 0.29) is 18.7 Å². The predicted molar refractivity (Wildman–Crippen MR) is 62.2 cm³/mol. The molecular formula is C13H18O3. The zero-order valence-electron chi connectivity index (χ0n) is 9.81. The molecule has 0 heterocycles. The molecule has 0 radical (unpaired) electrons. The number of hydrogen-bond acceptors (Lipinski definition) is 3. The van der Waals surface area contributed by atoms with Crippen molar-refractivity contribution < 1.29 is 14.3 Å². The summed E-state index contributed by atoms with van der Waals surface area (Å²) in [5.74, 6) is -0.303. The molecule has 0 aliphatic carbocycles. The van der Waals surface area contributed by atoms with Gasteiger partial charge in [-0.15, -0.1) is 0 Å². The molecule has 0 saturated heterocycles. The van der Waals surface area contributed by atoms with Gasteiger partial charge in [0.2, 0.25) is 0 Å². The Labute approximate surface area is 96.4 Å². The number of esters is 1. The molecule has 0 atom stereocenters. The van der Waals surface area contributed by atoms with E-state index in [1.165, 1.54) is 5.56 Å². The van der Waals surface area contributed by atoms with Crippen LogP contribution >= 0.6 is 0 Å². The summed E-state index contributed by atoms with van der Waals surface area (Å²) in [5, 5.41) is 0. The Hall–Kier alpha value is -1.35. The average Bonchev–Trinajstić information content (AvgIpc) is 2.25. The number of ether oxygens (including phenoxy) is 2. The minimum Gasteiger partial charge on any atom is -0.461 e. The van der Waals surface area contributed by atoms with E-state index < -0.39 is 0 Å². The number of rotatable bonds is 6. The Morgan fingerprint density at radius 1 is 1.25 bits per heavy atom. The van der Waals surface area contributed by atoms with Gasteiger partial charge in [0, 0.05) is 0 Å². The Morgan fingerprint density at radius 2 is 1.94 bits per heavy atom. The van der Waals surface area contributed by atoms with Crippen LogP contribution in [0.25, 0.3) is 0 Å². The summed E-state index contributed by atoms with van der Waals surface area (Å²) in [6, 6.07) is 10.0. The lowest BCUT2D eigenvalue weighted by Gasteiger charge is -2.08. The third-order valence-corrected chi connectivity index (χ3v) is 1.96. The van der Waals surface area contributed by atoms with Gasteiger partial charge in [0.15, 0.2) is 0 Å². The van der Waals surface area contributed by atoms with Crippen molar-refractivity contribution in [3.63, 3.8) is 0 Å². The van der Waals surface area contributed by atoms with E-state index in [0.29, 0.717) is 6.61 Å². The Bertz CT molecular complexity index is 306. The maximum Gasteiger partial charge on any atom is 0.332 e. The van der Waals surface area contributed by atoms with Crippen LogP contribution in [-0.4, -0.2) is 25.3 Å². The molecule has 16 heavy (non-hydrogen) atoms. The smallest absolute Gasteiger partial charge is 0.332 e. The minimum absolute atomic E-state index is 0.0328. The van der Waals surface area contributed by atoms with Gasteiger partial charge in [-0.2, -0.15) is 0 Å². The predicted octanol–water partition coefficient (Wildman–Crippen LogP) is 2.20. The van der Waals surface area contributed by atoms with E-state index in [1.807, 2.05) is 44.2 Å². The standard InChI is InChI=1S/C13H18O3/c1-11(2)16-13(14)10-15-9-8-12-6-4-3-5-7-12/h3-7,11H,8-10H2,1-2H3. The second-order valence-electron chi connectivity index (χ2n) is 3.83. The van der Waals surface area contributed by atoms with Crippen molar-refractivity contribution in [1.29, 1.82) is 0 Å². The van der Waals surface area contributed by atoms with Crippen LogP contribution in [0.1, 0.15) is 19.4 Å². The van der Waals surface area contributed by atoms with E-state index >= 15 is 0 Å². The molecule has 1 aromatic carbocycles. The quantitative estimate of drug-likeness (QED) is 0.546. The topological polar surface area (TPSA) is 35.5 Å². The highest BCUT2D eigenvalue weighted by atomic mass is 16.6. The lowest BCUT2D eigenvalue weighted by molar-refractivity contribution is -0.152. The largest absolute Gasteiger partial charge is 0.461 e. The van der Waals surface area contributed by atoms with Crippen molar-refractivity contribution in [2.75, 3.05) is 13.2 Å². The Balaban J connectivity index is 2.10. The van der Waals surface area contributed by atoms with Crippen LogP contribution in [0.5, 0.6) is 0 Å².